The van der Waals surface area contributed by atoms with Crippen molar-refractivity contribution in [1.82, 2.24) is 9.80 Å². The van der Waals surface area contributed by atoms with Crippen molar-refractivity contribution in [1.29, 1.82) is 0 Å². The summed E-state index contributed by atoms with van der Waals surface area (Å²) in [6.45, 7) is 23.9. The van der Waals surface area contributed by atoms with Gasteiger partial charge in [0.15, 0.2) is 0 Å². The van der Waals surface area contributed by atoms with Crippen LogP contribution in [-0.4, -0.2) is 34.7 Å². The highest BCUT2D eigenvalue weighted by molar-refractivity contribution is 7.27. The Morgan fingerprint density at radius 1 is 0.301 bits per heavy atom. The minimum absolute atomic E-state index is 0.0270. The molecule has 2 amide bonds. The summed E-state index contributed by atoms with van der Waals surface area (Å²) in [5.41, 5.74) is 20.9. The van der Waals surface area contributed by atoms with Gasteiger partial charge >= 0.3 is 0 Å². The van der Waals surface area contributed by atoms with Gasteiger partial charge in [-0.2, -0.15) is 0 Å². The van der Waals surface area contributed by atoms with E-state index in [0.717, 1.165) is 96.7 Å². The molecule has 10 heteroatoms. The molecule has 588 valence electrons. The summed E-state index contributed by atoms with van der Waals surface area (Å²) in [5.74, 6) is 0.557. The lowest BCUT2D eigenvalue weighted by Gasteiger charge is -2.35. The summed E-state index contributed by atoms with van der Waals surface area (Å²) in [6, 6.07) is 68.5. The van der Waals surface area contributed by atoms with Crippen LogP contribution in [0.2, 0.25) is 0 Å². The third-order valence-electron chi connectivity index (χ3n) is 25.3. The van der Waals surface area contributed by atoms with Crippen molar-refractivity contribution in [2.45, 2.75) is 253 Å². The van der Waals surface area contributed by atoms with Crippen LogP contribution in [0.25, 0.3) is 61.5 Å². The highest BCUT2D eigenvalue weighted by Gasteiger charge is 2.54. The third-order valence-corrected chi connectivity index (χ3v) is 32.4. The lowest BCUT2D eigenvalue weighted by Crippen LogP contribution is -2.34. The maximum Gasteiger partial charge on any atom is 0.261 e. The van der Waals surface area contributed by atoms with Crippen molar-refractivity contribution in [3.63, 3.8) is 0 Å². The van der Waals surface area contributed by atoms with Crippen molar-refractivity contribution in [2.24, 2.45) is 11.8 Å². The Labute approximate surface area is 700 Å². The van der Waals surface area contributed by atoms with E-state index in [1.54, 1.807) is 34.0 Å². The van der Waals surface area contributed by atoms with Crippen LogP contribution in [0, 0.1) is 25.7 Å². The monoisotopic (exact) mass is 1610 g/mol. The Morgan fingerprint density at radius 3 is 1.02 bits per heavy atom. The van der Waals surface area contributed by atoms with E-state index in [1.807, 2.05) is 38.9 Å². The van der Waals surface area contributed by atoms with Crippen LogP contribution in [0.3, 0.4) is 0 Å². The first kappa shape index (κ1) is 80.9. The van der Waals surface area contributed by atoms with Crippen LogP contribution in [-0.2, 0) is 46.1 Å². The van der Waals surface area contributed by atoms with Gasteiger partial charge in [-0.05, 0) is 241 Å². The molecule has 6 aromatic heterocycles. The normalized spacial score (nSPS) is 15.1. The fraction of sp³-hybridized carbons (Fsp3) is 0.417. The van der Waals surface area contributed by atoms with Gasteiger partial charge in [0, 0.05) is 61.9 Å². The SMILES string of the molecule is CCCCCCc1ccc(C2(c3ccc(CCCCCC)cc3)c3cc4c(cc3-c3sc(C)cc32)C(c2ccc(CCCCCC)cc2)(c2ccc(CCCCCC)cc2)c2cc(-c3ccc(-c5ccc(C6=C7C(=O)N(CC(CC)CCC)C(c8ccc(-c9ccc(C)s9)s8)=C7C(=O)N6CC(CC)CCCC)s5)s3)sc2-4)cc1. The minimum atomic E-state index is -0.634. The molecule has 113 heavy (non-hydrogen) atoms. The molecule has 8 heterocycles. The number of hydrogen-bond acceptors (Lipinski definition) is 8. The first-order chi connectivity index (χ1) is 55.3. The Kier molecular flexibility index (Phi) is 26.1. The molecule has 0 saturated carbocycles. The van der Waals surface area contributed by atoms with Crippen LogP contribution in [0.5, 0.6) is 0 Å². The molecule has 11 aromatic rings. The summed E-state index contributed by atoms with van der Waals surface area (Å²) in [4.78, 5) is 50.5. The zero-order chi connectivity index (χ0) is 78.3. The molecule has 0 N–H and O–H groups in total. The molecule has 2 aliphatic heterocycles. The van der Waals surface area contributed by atoms with Gasteiger partial charge < -0.3 is 9.80 Å². The van der Waals surface area contributed by atoms with Crippen LogP contribution in [0.1, 0.15) is 289 Å². The van der Waals surface area contributed by atoms with Crippen LogP contribution in [0.15, 0.2) is 181 Å². The number of benzene rings is 5. The number of fused-ring (bicyclic) bond motifs is 7. The van der Waals surface area contributed by atoms with E-state index in [9.17, 15) is 0 Å². The van der Waals surface area contributed by atoms with Gasteiger partial charge in [0.25, 0.3) is 11.8 Å². The summed E-state index contributed by atoms with van der Waals surface area (Å²) < 4.78 is 0. The Hall–Kier alpha value is -7.28. The average molecular weight is 1610 g/mol. The molecule has 4 nitrogen and oxygen atoms in total. The summed E-state index contributed by atoms with van der Waals surface area (Å²) >= 11 is 11.1. The number of nitrogens with zero attached hydrogens (tertiary/aromatic N) is 2. The molecule has 15 rings (SSSR count). The maximum atomic E-state index is 15.9. The summed E-state index contributed by atoms with van der Waals surface area (Å²) in [5, 5.41) is 0. The average Bonchev–Trinajstić information content (AvgIpc) is 1.50. The Morgan fingerprint density at radius 2 is 0.646 bits per heavy atom. The smallest absolute Gasteiger partial charge is 0.261 e. The Balaban J connectivity index is 0.894. The minimum Gasteiger partial charge on any atom is -0.306 e. The highest BCUT2D eigenvalue weighted by Crippen LogP contribution is 2.66. The fourth-order valence-electron chi connectivity index (χ4n) is 19.0. The summed E-state index contributed by atoms with van der Waals surface area (Å²) in [6.07, 6.45) is 31.6. The largest absolute Gasteiger partial charge is 0.306 e. The van der Waals surface area contributed by atoms with E-state index >= 15 is 9.59 Å². The molecule has 2 atom stereocenters. The number of unbranched alkanes of at least 4 members (excludes halogenated alkanes) is 13. The number of amides is 2. The molecular weight excluding hydrogens is 1490 g/mol. The van der Waals surface area contributed by atoms with Crippen molar-refractivity contribution >= 4 is 91.2 Å². The topological polar surface area (TPSA) is 40.6 Å². The van der Waals surface area contributed by atoms with Crippen LogP contribution >= 0.6 is 68.0 Å². The number of carbonyl (C=O) groups is 2. The van der Waals surface area contributed by atoms with E-state index in [0.29, 0.717) is 36.1 Å². The van der Waals surface area contributed by atoms with Gasteiger partial charge in [-0.3, -0.25) is 9.59 Å². The quantitative estimate of drug-likeness (QED) is 0.0359. The van der Waals surface area contributed by atoms with Crippen molar-refractivity contribution < 1.29 is 9.59 Å². The lowest BCUT2D eigenvalue weighted by molar-refractivity contribution is -0.124. The standard InChI is InChI=1S/C103H118N2O2S6/c1-11-19-24-28-34-72-39-47-76(48-40-72)102(77-49-41-73(42-50-77)35-29-25-20-12-2)82-64-81-83(63-80(82)98-84(102)62-69(10)109-98)103(78-51-43-74(44-52-78)36-30-26-21-13-3,79-53-45-75(46-54-79)37-31-27-22-14-4)85-65-93(113-99(81)85)90-57-56-88(110-90)89-59-61-92(112-89)97-95-94(101(107)105(97)67-71(18-8)33-23-15-5)96(104(100(95)106)66-70(17-7)32-16-6)91-60-58-87(111-91)86-55-38-68(9)108-86/h38-65,70-71H,11-37,66-67H2,1-10H3. The number of carbonyl (C=O) groups excluding carboxylic acids is 2. The van der Waals surface area contributed by atoms with E-state index in [-0.39, 0.29) is 11.8 Å². The molecular formula is C103H118N2O2S6. The van der Waals surface area contributed by atoms with Crippen LogP contribution in [0.4, 0.5) is 0 Å². The molecule has 0 fully saturated rings. The van der Waals surface area contributed by atoms with Crippen molar-refractivity contribution in [2.75, 3.05) is 13.1 Å². The predicted molar refractivity (Wildman–Crippen MR) is 491 cm³/mol. The van der Waals surface area contributed by atoms with Gasteiger partial charge in [0.05, 0.1) is 43.1 Å². The first-order valence-electron chi connectivity index (χ1n) is 43.6. The second kappa shape index (κ2) is 36.5. The third kappa shape index (κ3) is 15.9. The van der Waals surface area contributed by atoms with Gasteiger partial charge in [0.2, 0.25) is 0 Å². The molecule has 0 spiro atoms. The molecule has 2 unspecified atom stereocenters. The van der Waals surface area contributed by atoms with Crippen molar-refractivity contribution in [3.8, 4) is 50.1 Å². The number of rotatable bonds is 40. The zero-order valence-corrected chi connectivity index (χ0v) is 73.9. The van der Waals surface area contributed by atoms with Gasteiger partial charge in [-0.1, -0.05) is 262 Å². The second-order valence-electron chi connectivity index (χ2n) is 33.1. The van der Waals surface area contributed by atoms with E-state index < -0.39 is 10.8 Å². The lowest BCUT2D eigenvalue weighted by atomic mass is 9.65. The van der Waals surface area contributed by atoms with Gasteiger partial charge in [-0.15, -0.1) is 68.0 Å². The maximum absolute atomic E-state index is 15.9. The van der Waals surface area contributed by atoms with E-state index in [1.165, 1.54) is 225 Å². The number of hydrogen-bond donors (Lipinski definition) is 0. The van der Waals surface area contributed by atoms with Crippen molar-refractivity contribution in [3.05, 3.63) is 267 Å². The zero-order valence-electron chi connectivity index (χ0n) is 69.0. The van der Waals surface area contributed by atoms with Crippen LogP contribution < -0.4 is 0 Å². The second-order valence-corrected chi connectivity index (χ2v) is 39.9. The van der Waals surface area contributed by atoms with Gasteiger partial charge in [0.1, 0.15) is 0 Å². The Bertz CT molecular complexity index is 5060. The van der Waals surface area contributed by atoms with E-state index in [2.05, 4.69) is 244 Å². The predicted octanol–water partition coefficient (Wildman–Crippen LogP) is 30.7. The van der Waals surface area contributed by atoms with E-state index in [4.69, 9.17) is 0 Å². The number of thiophene rings is 6. The molecule has 0 bridgehead atoms. The number of aryl methyl sites for hydroxylation is 6. The summed E-state index contributed by atoms with van der Waals surface area (Å²) in [7, 11) is 0. The molecule has 0 saturated heterocycles. The highest BCUT2D eigenvalue weighted by atomic mass is 32.1. The molecule has 4 aliphatic rings. The fourth-order valence-corrected chi connectivity index (χ4v) is 25.7. The first-order valence-corrected chi connectivity index (χ1v) is 48.5. The van der Waals surface area contributed by atoms with Gasteiger partial charge in [-0.25, -0.2) is 0 Å². The molecule has 2 aliphatic carbocycles. The molecule has 5 aromatic carbocycles. The molecule has 0 radical (unpaired) electrons.